The highest BCUT2D eigenvalue weighted by Gasteiger charge is 2.20. The van der Waals surface area contributed by atoms with Crippen LogP contribution in [0.25, 0.3) is 5.69 Å². The zero-order valence-corrected chi connectivity index (χ0v) is 17.2. The molecule has 3 aromatic rings. The number of aryl methyl sites for hydroxylation is 1. The van der Waals surface area contributed by atoms with E-state index in [2.05, 4.69) is 33.3 Å². The first kappa shape index (κ1) is 19.2. The van der Waals surface area contributed by atoms with Gasteiger partial charge in [0.2, 0.25) is 0 Å². The third-order valence-electron chi connectivity index (χ3n) is 5.59. The molecule has 0 bridgehead atoms. The molecule has 0 unspecified atom stereocenters. The van der Waals surface area contributed by atoms with Gasteiger partial charge in [0.1, 0.15) is 0 Å². The van der Waals surface area contributed by atoms with E-state index in [1.807, 2.05) is 61.0 Å². The quantitative estimate of drug-likeness (QED) is 0.742. The molecule has 1 aromatic heterocycles. The molecule has 29 heavy (non-hydrogen) atoms. The number of rotatable bonds is 4. The minimum absolute atomic E-state index is 0.135. The maximum Gasteiger partial charge on any atom is 0.259 e. The zero-order valence-electron chi connectivity index (χ0n) is 17.2. The number of nitrogens with zero attached hydrogens (tertiary/aromatic N) is 4. The summed E-state index contributed by atoms with van der Waals surface area (Å²) in [6.07, 6.45) is 1.65. The molecule has 1 fully saturated rings. The first-order valence-electron chi connectivity index (χ1n) is 9.99. The average molecular weight is 390 g/mol. The molecule has 2 aromatic carbocycles. The number of para-hydroxylation sites is 3. The molecule has 0 saturated carbocycles. The Morgan fingerprint density at radius 3 is 2.31 bits per heavy atom. The largest absolute Gasteiger partial charge is 0.367 e. The SMILES string of the molecule is Cc1ccccc1-n1ncc(C(=O)Nc2ccccc2N2CCN(C)CC2)c1C. The number of benzene rings is 2. The van der Waals surface area contributed by atoms with Gasteiger partial charge in [-0.15, -0.1) is 0 Å². The Hall–Kier alpha value is -3.12. The van der Waals surface area contributed by atoms with E-state index in [-0.39, 0.29) is 5.91 Å². The Kier molecular flexibility index (Phi) is 5.36. The smallest absolute Gasteiger partial charge is 0.259 e. The first-order chi connectivity index (χ1) is 14.0. The Bertz CT molecular complexity index is 1020. The number of carbonyl (C=O) groups excluding carboxylic acids is 1. The third-order valence-corrected chi connectivity index (χ3v) is 5.59. The van der Waals surface area contributed by atoms with E-state index >= 15 is 0 Å². The minimum atomic E-state index is -0.135. The van der Waals surface area contributed by atoms with Gasteiger partial charge in [-0.2, -0.15) is 5.10 Å². The molecule has 4 rings (SSSR count). The Labute approximate surface area is 171 Å². The number of nitrogens with one attached hydrogen (secondary N) is 1. The van der Waals surface area contributed by atoms with Gasteiger partial charge in [0, 0.05) is 26.2 Å². The van der Waals surface area contributed by atoms with Gasteiger partial charge in [0.25, 0.3) is 5.91 Å². The van der Waals surface area contributed by atoms with E-state index in [4.69, 9.17) is 0 Å². The summed E-state index contributed by atoms with van der Waals surface area (Å²) in [5.41, 5.74) is 5.42. The van der Waals surface area contributed by atoms with Crippen molar-refractivity contribution in [3.63, 3.8) is 0 Å². The summed E-state index contributed by atoms with van der Waals surface area (Å²) < 4.78 is 1.83. The molecule has 1 N–H and O–H groups in total. The predicted molar refractivity (Wildman–Crippen MR) is 117 cm³/mol. The number of likely N-dealkylation sites (N-methyl/N-ethyl adjacent to an activating group) is 1. The molecule has 0 spiro atoms. The molecule has 0 atom stereocenters. The lowest BCUT2D eigenvalue weighted by Crippen LogP contribution is -2.44. The molecule has 1 saturated heterocycles. The number of amides is 1. The van der Waals surface area contributed by atoms with Crippen molar-refractivity contribution in [2.45, 2.75) is 13.8 Å². The minimum Gasteiger partial charge on any atom is -0.367 e. The molecule has 1 aliphatic rings. The van der Waals surface area contributed by atoms with Crippen LogP contribution < -0.4 is 10.2 Å². The van der Waals surface area contributed by atoms with Crippen molar-refractivity contribution in [1.29, 1.82) is 0 Å². The van der Waals surface area contributed by atoms with Gasteiger partial charge in [-0.1, -0.05) is 30.3 Å². The van der Waals surface area contributed by atoms with Gasteiger partial charge in [0.15, 0.2) is 0 Å². The van der Waals surface area contributed by atoms with Crippen LogP contribution in [-0.4, -0.2) is 53.8 Å². The summed E-state index contributed by atoms with van der Waals surface area (Å²) in [6, 6.07) is 16.1. The van der Waals surface area contributed by atoms with E-state index in [9.17, 15) is 4.79 Å². The summed E-state index contributed by atoms with van der Waals surface area (Å²) in [7, 11) is 2.14. The van der Waals surface area contributed by atoms with Gasteiger partial charge >= 0.3 is 0 Å². The number of hydrogen-bond acceptors (Lipinski definition) is 4. The number of carbonyl (C=O) groups is 1. The fourth-order valence-corrected chi connectivity index (χ4v) is 3.77. The highest BCUT2D eigenvalue weighted by molar-refractivity contribution is 6.06. The van der Waals surface area contributed by atoms with Crippen molar-refractivity contribution in [2.75, 3.05) is 43.4 Å². The second-order valence-corrected chi connectivity index (χ2v) is 7.60. The standard InChI is InChI=1S/C23H27N5O/c1-17-8-4-6-10-21(17)28-18(2)19(16-24-28)23(29)25-20-9-5-7-11-22(20)27-14-12-26(3)13-15-27/h4-11,16H,12-15H2,1-3H3,(H,25,29). The van der Waals surface area contributed by atoms with Gasteiger partial charge in [-0.25, -0.2) is 4.68 Å². The summed E-state index contributed by atoms with van der Waals surface area (Å²) >= 11 is 0. The lowest BCUT2D eigenvalue weighted by Gasteiger charge is -2.35. The highest BCUT2D eigenvalue weighted by atomic mass is 16.1. The van der Waals surface area contributed by atoms with Crippen LogP contribution in [0.2, 0.25) is 0 Å². The zero-order chi connectivity index (χ0) is 20.4. The molecule has 150 valence electrons. The van der Waals surface area contributed by atoms with Crippen molar-refractivity contribution in [2.24, 2.45) is 0 Å². The van der Waals surface area contributed by atoms with Crippen LogP contribution in [0.5, 0.6) is 0 Å². The average Bonchev–Trinajstić information content (AvgIpc) is 3.11. The van der Waals surface area contributed by atoms with Crippen LogP contribution in [-0.2, 0) is 0 Å². The first-order valence-corrected chi connectivity index (χ1v) is 9.99. The van der Waals surface area contributed by atoms with Crippen LogP contribution in [0.15, 0.2) is 54.7 Å². The lowest BCUT2D eigenvalue weighted by atomic mass is 10.1. The third kappa shape index (κ3) is 3.89. The highest BCUT2D eigenvalue weighted by Crippen LogP contribution is 2.27. The predicted octanol–water partition coefficient (Wildman–Crippen LogP) is 3.49. The molecular weight excluding hydrogens is 362 g/mol. The fraction of sp³-hybridized carbons (Fsp3) is 0.304. The van der Waals surface area contributed by atoms with E-state index in [1.165, 1.54) is 0 Å². The number of hydrogen-bond donors (Lipinski definition) is 1. The second-order valence-electron chi connectivity index (χ2n) is 7.60. The van der Waals surface area contributed by atoms with Crippen molar-refractivity contribution in [1.82, 2.24) is 14.7 Å². The topological polar surface area (TPSA) is 53.4 Å². The summed E-state index contributed by atoms with van der Waals surface area (Å²) in [5, 5.41) is 7.58. The monoisotopic (exact) mass is 389 g/mol. The van der Waals surface area contributed by atoms with Crippen molar-refractivity contribution in [3.8, 4) is 5.69 Å². The van der Waals surface area contributed by atoms with Crippen LogP contribution in [0, 0.1) is 13.8 Å². The summed E-state index contributed by atoms with van der Waals surface area (Å²) in [5.74, 6) is -0.135. The van der Waals surface area contributed by atoms with E-state index in [0.717, 1.165) is 54.5 Å². The maximum atomic E-state index is 13.1. The molecule has 0 radical (unpaired) electrons. The van der Waals surface area contributed by atoms with E-state index < -0.39 is 0 Å². The van der Waals surface area contributed by atoms with E-state index in [1.54, 1.807) is 6.20 Å². The second kappa shape index (κ2) is 8.09. The van der Waals surface area contributed by atoms with Crippen LogP contribution in [0.3, 0.4) is 0 Å². The van der Waals surface area contributed by atoms with Crippen LogP contribution in [0.1, 0.15) is 21.6 Å². The summed E-state index contributed by atoms with van der Waals surface area (Å²) in [6.45, 7) is 7.92. The van der Waals surface area contributed by atoms with Crippen LogP contribution >= 0.6 is 0 Å². The van der Waals surface area contributed by atoms with Crippen molar-refractivity contribution >= 4 is 17.3 Å². The number of anilines is 2. The molecule has 0 aliphatic carbocycles. The lowest BCUT2D eigenvalue weighted by molar-refractivity contribution is 0.102. The maximum absolute atomic E-state index is 13.1. The Balaban J connectivity index is 1.58. The fourth-order valence-electron chi connectivity index (χ4n) is 3.77. The number of piperazine rings is 1. The molecular formula is C23H27N5O. The molecule has 6 heteroatoms. The van der Waals surface area contributed by atoms with Crippen molar-refractivity contribution in [3.05, 3.63) is 71.5 Å². The van der Waals surface area contributed by atoms with Crippen LogP contribution in [0.4, 0.5) is 11.4 Å². The molecule has 6 nitrogen and oxygen atoms in total. The van der Waals surface area contributed by atoms with Crippen molar-refractivity contribution < 1.29 is 4.79 Å². The Morgan fingerprint density at radius 1 is 0.931 bits per heavy atom. The van der Waals surface area contributed by atoms with E-state index in [0.29, 0.717) is 5.56 Å². The molecule has 2 heterocycles. The number of aromatic nitrogens is 2. The molecule has 1 aliphatic heterocycles. The van der Waals surface area contributed by atoms with Gasteiger partial charge < -0.3 is 15.1 Å². The summed E-state index contributed by atoms with van der Waals surface area (Å²) in [4.78, 5) is 17.7. The van der Waals surface area contributed by atoms with Gasteiger partial charge in [-0.3, -0.25) is 4.79 Å². The molecule has 1 amide bonds. The van der Waals surface area contributed by atoms with Gasteiger partial charge in [0.05, 0.1) is 34.5 Å². The normalized spacial score (nSPS) is 14.8. The van der Waals surface area contributed by atoms with Gasteiger partial charge in [-0.05, 0) is 44.7 Å². The Morgan fingerprint density at radius 2 is 1.59 bits per heavy atom.